The van der Waals surface area contributed by atoms with Crippen LogP contribution in [0, 0.1) is 0 Å². The van der Waals surface area contributed by atoms with Crippen molar-refractivity contribution in [1.29, 1.82) is 0 Å². The normalized spacial score (nSPS) is 8.80. The topological polar surface area (TPSA) is 22.4 Å². The summed E-state index contributed by atoms with van der Waals surface area (Å²) in [7, 11) is 0. The molecular weight excluding hydrogens is 148 g/mol. The molecule has 0 fully saturated rings. The number of ether oxygens (including phenoxy) is 1. The molecule has 0 aliphatic carbocycles. The van der Waals surface area contributed by atoms with E-state index in [4.69, 9.17) is 21.4 Å². The van der Waals surface area contributed by atoms with Crippen LogP contribution in [0.15, 0.2) is 35.7 Å². The lowest BCUT2D eigenvalue weighted by atomic mass is 10.5. The molecule has 0 aliphatic heterocycles. The van der Waals surface area contributed by atoms with E-state index in [0.29, 0.717) is 10.8 Å². The van der Waals surface area contributed by atoms with Crippen molar-refractivity contribution in [3.05, 3.63) is 37.0 Å². The summed E-state index contributed by atoms with van der Waals surface area (Å²) in [4.78, 5) is 0. The van der Waals surface area contributed by atoms with Crippen LogP contribution in [0.5, 0.6) is 0 Å². The number of hydrogen-bond acceptors (Lipinski definition) is 3. The Morgan fingerprint density at radius 1 is 1.80 bits per heavy atom. The quantitative estimate of drug-likeness (QED) is 0.481. The van der Waals surface area contributed by atoms with Crippen LogP contribution in [0.2, 0.25) is 0 Å². The molecule has 1 rings (SSSR count). The first kappa shape index (κ1) is 7.02. The molecule has 0 N–H and O–H groups in total. The zero-order chi connectivity index (χ0) is 7.40. The summed E-state index contributed by atoms with van der Waals surface area (Å²) in [6.45, 7) is 3.36. The van der Waals surface area contributed by atoms with E-state index in [1.165, 1.54) is 12.5 Å². The Kier molecular flexibility index (Phi) is 2.23. The van der Waals surface area contributed by atoms with Crippen molar-refractivity contribution >= 4 is 17.3 Å². The highest BCUT2D eigenvalue weighted by Gasteiger charge is 2.01. The number of furan rings is 1. The molecule has 52 valence electrons. The number of hydrogen-bond donors (Lipinski definition) is 0. The fraction of sp³-hybridized carbons (Fsp3) is 0. The van der Waals surface area contributed by atoms with E-state index in [1.54, 1.807) is 12.1 Å². The van der Waals surface area contributed by atoms with Gasteiger partial charge in [-0.3, -0.25) is 0 Å². The molecule has 0 atom stereocenters. The van der Waals surface area contributed by atoms with Gasteiger partial charge in [-0.05, 0) is 24.4 Å². The average molecular weight is 154 g/mol. The van der Waals surface area contributed by atoms with Gasteiger partial charge in [0.05, 0.1) is 12.5 Å². The lowest BCUT2D eigenvalue weighted by Gasteiger charge is -1.94. The zero-order valence-corrected chi connectivity index (χ0v) is 6.06. The van der Waals surface area contributed by atoms with Crippen LogP contribution < -0.4 is 0 Å². The average Bonchev–Trinajstić information content (AvgIpc) is 2.38. The fourth-order valence-electron chi connectivity index (χ4n) is 0.528. The van der Waals surface area contributed by atoms with Crippen molar-refractivity contribution in [2.24, 2.45) is 0 Å². The van der Waals surface area contributed by atoms with E-state index in [-0.39, 0.29) is 0 Å². The highest BCUT2D eigenvalue weighted by Crippen LogP contribution is 2.03. The van der Waals surface area contributed by atoms with E-state index >= 15 is 0 Å². The molecule has 1 heterocycles. The van der Waals surface area contributed by atoms with Gasteiger partial charge in [-0.25, -0.2) is 0 Å². The van der Waals surface area contributed by atoms with Crippen LogP contribution in [0.3, 0.4) is 0 Å². The highest BCUT2D eigenvalue weighted by molar-refractivity contribution is 7.80. The Bertz CT molecular complexity index is 226. The van der Waals surface area contributed by atoms with Gasteiger partial charge in [-0.15, -0.1) is 0 Å². The van der Waals surface area contributed by atoms with Crippen LogP contribution in [-0.4, -0.2) is 5.05 Å². The van der Waals surface area contributed by atoms with Crippen LogP contribution in [-0.2, 0) is 4.74 Å². The highest BCUT2D eigenvalue weighted by atomic mass is 32.1. The fourth-order valence-corrected chi connectivity index (χ4v) is 0.713. The summed E-state index contributed by atoms with van der Waals surface area (Å²) < 4.78 is 9.72. The van der Waals surface area contributed by atoms with Crippen molar-refractivity contribution in [1.82, 2.24) is 0 Å². The molecule has 0 saturated heterocycles. The second-order valence-corrected chi connectivity index (χ2v) is 1.92. The van der Waals surface area contributed by atoms with Crippen LogP contribution in [0.25, 0.3) is 0 Å². The molecule has 10 heavy (non-hydrogen) atoms. The number of thiocarbonyl (C=S) groups is 1. The standard InChI is InChI=1S/C7H6O2S/c1-2-8-7(10)6-4-3-5-9-6/h2-5H,1H2. The van der Waals surface area contributed by atoms with Gasteiger partial charge in [-0.2, -0.15) is 0 Å². The molecule has 0 bridgehead atoms. The van der Waals surface area contributed by atoms with Crippen LogP contribution in [0.1, 0.15) is 5.76 Å². The Hall–Kier alpha value is -1.09. The summed E-state index contributed by atoms with van der Waals surface area (Å²) in [6.07, 6.45) is 2.80. The van der Waals surface area contributed by atoms with Gasteiger partial charge in [-0.1, -0.05) is 6.58 Å². The third-order valence-corrected chi connectivity index (χ3v) is 1.21. The van der Waals surface area contributed by atoms with E-state index < -0.39 is 0 Å². The Morgan fingerprint density at radius 2 is 2.60 bits per heavy atom. The minimum Gasteiger partial charge on any atom is -0.460 e. The van der Waals surface area contributed by atoms with Gasteiger partial charge in [0.2, 0.25) is 5.05 Å². The third kappa shape index (κ3) is 1.45. The first-order valence-electron chi connectivity index (χ1n) is 2.70. The Labute approximate surface area is 64.1 Å². The lowest BCUT2D eigenvalue weighted by Crippen LogP contribution is -1.95. The second-order valence-electron chi connectivity index (χ2n) is 1.55. The largest absolute Gasteiger partial charge is 0.460 e. The molecule has 1 aromatic heterocycles. The van der Waals surface area contributed by atoms with Gasteiger partial charge >= 0.3 is 0 Å². The van der Waals surface area contributed by atoms with Crippen molar-refractivity contribution in [3.63, 3.8) is 0 Å². The molecule has 0 aliphatic rings. The summed E-state index contributed by atoms with van der Waals surface area (Å²) >= 11 is 4.79. The van der Waals surface area contributed by atoms with Gasteiger partial charge in [0.25, 0.3) is 0 Å². The molecule has 0 spiro atoms. The molecule has 0 radical (unpaired) electrons. The monoisotopic (exact) mass is 154 g/mol. The van der Waals surface area contributed by atoms with Crippen molar-refractivity contribution in [2.75, 3.05) is 0 Å². The summed E-state index contributed by atoms with van der Waals surface area (Å²) in [5.41, 5.74) is 0. The zero-order valence-electron chi connectivity index (χ0n) is 5.24. The van der Waals surface area contributed by atoms with Crippen LogP contribution >= 0.6 is 12.2 Å². The lowest BCUT2D eigenvalue weighted by molar-refractivity contribution is 0.458. The Morgan fingerprint density at radius 3 is 3.10 bits per heavy atom. The molecule has 0 aromatic carbocycles. The first-order chi connectivity index (χ1) is 4.84. The van der Waals surface area contributed by atoms with E-state index in [0.717, 1.165) is 0 Å². The molecule has 1 aromatic rings. The molecule has 2 nitrogen and oxygen atoms in total. The van der Waals surface area contributed by atoms with Gasteiger partial charge in [0, 0.05) is 0 Å². The van der Waals surface area contributed by atoms with Crippen molar-refractivity contribution in [3.8, 4) is 0 Å². The molecular formula is C7H6O2S. The van der Waals surface area contributed by atoms with E-state index in [9.17, 15) is 0 Å². The minimum absolute atomic E-state index is 0.306. The second kappa shape index (κ2) is 3.17. The first-order valence-corrected chi connectivity index (χ1v) is 3.11. The molecule has 3 heteroatoms. The predicted molar refractivity (Wildman–Crippen MR) is 41.7 cm³/mol. The van der Waals surface area contributed by atoms with Crippen molar-refractivity contribution < 1.29 is 9.15 Å². The smallest absolute Gasteiger partial charge is 0.232 e. The summed E-state index contributed by atoms with van der Waals surface area (Å²) in [6, 6.07) is 3.47. The third-order valence-electron chi connectivity index (χ3n) is 0.913. The van der Waals surface area contributed by atoms with Crippen LogP contribution in [0.4, 0.5) is 0 Å². The van der Waals surface area contributed by atoms with E-state index in [2.05, 4.69) is 6.58 Å². The van der Waals surface area contributed by atoms with Gasteiger partial charge < -0.3 is 9.15 Å². The maximum atomic E-state index is 4.93. The minimum atomic E-state index is 0.306. The van der Waals surface area contributed by atoms with E-state index in [1.807, 2.05) is 0 Å². The SMILES string of the molecule is C=COC(=S)c1ccco1. The van der Waals surface area contributed by atoms with Gasteiger partial charge in [0.15, 0.2) is 5.76 Å². The maximum Gasteiger partial charge on any atom is 0.232 e. The summed E-state index contributed by atoms with van der Waals surface area (Å²) in [5, 5.41) is 0.306. The Balaban J connectivity index is 2.68. The molecule has 0 amide bonds. The maximum absolute atomic E-state index is 4.93. The van der Waals surface area contributed by atoms with Gasteiger partial charge in [0.1, 0.15) is 0 Å². The summed E-state index contributed by atoms with van der Waals surface area (Å²) in [5.74, 6) is 0.551. The molecule has 0 saturated carbocycles. The molecule has 0 unspecified atom stereocenters. The predicted octanol–water partition coefficient (Wildman–Crippen LogP) is 2.12. The van der Waals surface area contributed by atoms with Crippen molar-refractivity contribution in [2.45, 2.75) is 0 Å². The number of rotatable bonds is 2.